The van der Waals surface area contributed by atoms with Gasteiger partial charge in [-0.15, -0.1) is 0 Å². The van der Waals surface area contributed by atoms with E-state index in [1.54, 1.807) is 0 Å². The Labute approximate surface area is 166 Å². The standard InChI is InChI=1S/C22H27ClN2O2/c1-16-11-17(2)13-18(12-16)27-15-22(26)24-14-21(25-9-5-6-10-25)19-7-3-4-8-20(19)23/h3-4,7-8,11-13,21H,5-6,9-10,14-15H2,1-2H3,(H,24,26)/t21-/m0/s1. The fourth-order valence-electron chi connectivity index (χ4n) is 3.66. The molecule has 1 heterocycles. The van der Waals surface area contributed by atoms with Gasteiger partial charge < -0.3 is 10.1 Å². The number of nitrogens with zero attached hydrogens (tertiary/aromatic N) is 1. The van der Waals surface area contributed by atoms with Gasteiger partial charge in [0.25, 0.3) is 5.91 Å². The van der Waals surface area contributed by atoms with Gasteiger partial charge in [0.2, 0.25) is 0 Å². The number of hydrogen-bond acceptors (Lipinski definition) is 3. The number of aryl methyl sites for hydroxylation is 2. The first kappa shape index (κ1) is 19.7. The van der Waals surface area contributed by atoms with Crippen LogP contribution in [-0.4, -0.2) is 37.0 Å². The topological polar surface area (TPSA) is 41.6 Å². The molecular weight excluding hydrogens is 360 g/mol. The Balaban J connectivity index is 1.59. The van der Waals surface area contributed by atoms with Crippen LogP contribution in [0.2, 0.25) is 5.02 Å². The van der Waals surface area contributed by atoms with Gasteiger partial charge in [0.1, 0.15) is 5.75 Å². The Morgan fingerprint density at radius 3 is 2.48 bits per heavy atom. The number of amides is 1. The third-order valence-corrected chi connectivity index (χ3v) is 5.25. The zero-order chi connectivity index (χ0) is 19.2. The first-order chi connectivity index (χ1) is 13.0. The maximum atomic E-state index is 12.3. The van der Waals surface area contributed by atoms with Crippen molar-refractivity contribution in [3.8, 4) is 5.75 Å². The highest BCUT2D eigenvalue weighted by atomic mass is 35.5. The molecule has 27 heavy (non-hydrogen) atoms. The fraction of sp³-hybridized carbons (Fsp3) is 0.409. The summed E-state index contributed by atoms with van der Waals surface area (Å²) in [6.07, 6.45) is 2.37. The minimum absolute atomic E-state index is 0.0120. The van der Waals surface area contributed by atoms with E-state index in [1.807, 2.05) is 50.2 Å². The van der Waals surface area contributed by atoms with E-state index < -0.39 is 0 Å². The van der Waals surface area contributed by atoms with Gasteiger partial charge >= 0.3 is 0 Å². The largest absolute Gasteiger partial charge is 0.484 e. The molecule has 0 unspecified atom stereocenters. The van der Waals surface area contributed by atoms with Crippen LogP contribution in [0.4, 0.5) is 0 Å². The lowest BCUT2D eigenvalue weighted by atomic mass is 10.1. The minimum atomic E-state index is -0.120. The lowest BCUT2D eigenvalue weighted by Gasteiger charge is -2.29. The predicted octanol–water partition coefficient (Wildman–Crippen LogP) is 4.29. The van der Waals surface area contributed by atoms with E-state index in [4.69, 9.17) is 16.3 Å². The SMILES string of the molecule is Cc1cc(C)cc(OCC(=O)NC[C@@H](c2ccccc2Cl)N2CCCC2)c1. The molecule has 0 radical (unpaired) electrons. The van der Waals surface area contributed by atoms with Crippen molar-refractivity contribution in [2.24, 2.45) is 0 Å². The highest BCUT2D eigenvalue weighted by Gasteiger charge is 2.25. The number of carbonyl (C=O) groups excluding carboxylic acids is 1. The average Bonchev–Trinajstić information content (AvgIpc) is 3.15. The molecule has 1 saturated heterocycles. The van der Waals surface area contributed by atoms with Crippen LogP contribution in [0.5, 0.6) is 5.75 Å². The third kappa shape index (κ3) is 5.47. The molecule has 2 aromatic carbocycles. The second-order valence-corrected chi connectivity index (χ2v) is 7.60. The summed E-state index contributed by atoms with van der Waals surface area (Å²) in [6, 6.07) is 13.9. The van der Waals surface area contributed by atoms with Gasteiger partial charge in [0.15, 0.2) is 6.61 Å². The molecule has 1 N–H and O–H groups in total. The molecule has 5 heteroatoms. The van der Waals surface area contributed by atoms with Gasteiger partial charge in [0.05, 0.1) is 6.04 Å². The summed E-state index contributed by atoms with van der Waals surface area (Å²) < 4.78 is 5.66. The first-order valence-corrected chi connectivity index (χ1v) is 9.87. The normalized spacial score (nSPS) is 15.5. The molecule has 1 atom stereocenters. The van der Waals surface area contributed by atoms with Crippen LogP contribution in [0.3, 0.4) is 0 Å². The molecule has 1 fully saturated rings. The molecule has 4 nitrogen and oxygen atoms in total. The van der Waals surface area contributed by atoms with Crippen LogP contribution in [-0.2, 0) is 4.79 Å². The first-order valence-electron chi connectivity index (χ1n) is 9.49. The summed E-state index contributed by atoms with van der Waals surface area (Å²) in [7, 11) is 0. The van der Waals surface area contributed by atoms with Crippen LogP contribution >= 0.6 is 11.6 Å². The molecule has 1 aliphatic heterocycles. The Morgan fingerprint density at radius 1 is 1.15 bits per heavy atom. The summed E-state index contributed by atoms with van der Waals surface area (Å²) in [5.41, 5.74) is 3.31. The number of hydrogen-bond donors (Lipinski definition) is 1. The predicted molar refractivity (Wildman–Crippen MR) is 109 cm³/mol. The van der Waals surface area contributed by atoms with Gasteiger partial charge in [-0.05, 0) is 74.7 Å². The number of carbonyl (C=O) groups is 1. The minimum Gasteiger partial charge on any atom is -0.484 e. The number of nitrogens with one attached hydrogen (secondary N) is 1. The van der Waals surface area contributed by atoms with Crippen molar-refractivity contribution in [3.63, 3.8) is 0 Å². The maximum Gasteiger partial charge on any atom is 0.258 e. The van der Waals surface area contributed by atoms with Crippen molar-refractivity contribution in [2.45, 2.75) is 32.7 Å². The Bertz CT molecular complexity index is 767. The van der Waals surface area contributed by atoms with Crippen molar-refractivity contribution in [3.05, 3.63) is 64.2 Å². The fourth-order valence-corrected chi connectivity index (χ4v) is 3.92. The van der Waals surface area contributed by atoms with Crippen LogP contribution < -0.4 is 10.1 Å². The summed E-state index contributed by atoms with van der Waals surface area (Å²) >= 11 is 6.42. The molecule has 3 rings (SSSR count). The summed E-state index contributed by atoms with van der Waals surface area (Å²) in [4.78, 5) is 14.7. The molecule has 0 bridgehead atoms. The van der Waals surface area contributed by atoms with E-state index in [2.05, 4.69) is 16.3 Å². The Kier molecular flexibility index (Phi) is 6.75. The number of halogens is 1. The van der Waals surface area contributed by atoms with E-state index in [1.165, 1.54) is 12.8 Å². The Morgan fingerprint density at radius 2 is 1.81 bits per heavy atom. The van der Waals surface area contributed by atoms with Gasteiger partial charge in [0, 0.05) is 11.6 Å². The number of likely N-dealkylation sites (tertiary alicyclic amines) is 1. The maximum absolute atomic E-state index is 12.3. The van der Waals surface area contributed by atoms with E-state index in [0.29, 0.717) is 6.54 Å². The van der Waals surface area contributed by atoms with Crippen molar-refractivity contribution >= 4 is 17.5 Å². The molecule has 144 valence electrons. The molecule has 0 spiro atoms. The lowest BCUT2D eigenvalue weighted by molar-refractivity contribution is -0.123. The van der Waals surface area contributed by atoms with Crippen molar-refractivity contribution < 1.29 is 9.53 Å². The van der Waals surface area contributed by atoms with E-state index in [0.717, 1.165) is 40.6 Å². The summed E-state index contributed by atoms with van der Waals surface area (Å²) in [5, 5.41) is 3.77. The lowest BCUT2D eigenvalue weighted by Crippen LogP contribution is -2.38. The zero-order valence-electron chi connectivity index (χ0n) is 16.0. The Hall–Kier alpha value is -2.04. The molecule has 0 aliphatic carbocycles. The van der Waals surface area contributed by atoms with Crippen LogP contribution in [0.15, 0.2) is 42.5 Å². The van der Waals surface area contributed by atoms with E-state index in [9.17, 15) is 4.79 Å². The monoisotopic (exact) mass is 386 g/mol. The molecule has 1 amide bonds. The number of rotatable bonds is 7. The van der Waals surface area contributed by atoms with Gasteiger partial charge in [-0.3, -0.25) is 9.69 Å². The van der Waals surface area contributed by atoms with E-state index in [-0.39, 0.29) is 18.6 Å². The molecule has 1 aliphatic rings. The van der Waals surface area contributed by atoms with Crippen molar-refractivity contribution in [1.29, 1.82) is 0 Å². The summed E-state index contributed by atoms with van der Waals surface area (Å²) in [6.45, 7) is 6.64. The molecule has 0 aromatic heterocycles. The van der Waals surface area contributed by atoms with Crippen LogP contribution in [0.25, 0.3) is 0 Å². The quantitative estimate of drug-likeness (QED) is 0.771. The molecular formula is C22H27ClN2O2. The van der Waals surface area contributed by atoms with Crippen molar-refractivity contribution in [2.75, 3.05) is 26.2 Å². The van der Waals surface area contributed by atoms with Gasteiger partial charge in [-0.1, -0.05) is 35.9 Å². The van der Waals surface area contributed by atoms with Gasteiger partial charge in [-0.2, -0.15) is 0 Å². The number of ether oxygens (including phenoxy) is 1. The third-order valence-electron chi connectivity index (χ3n) is 4.90. The molecule has 0 saturated carbocycles. The average molecular weight is 387 g/mol. The smallest absolute Gasteiger partial charge is 0.258 e. The summed E-state index contributed by atoms with van der Waals surface area (Å²) in [5.74, 6) is 0.607. The number of benzene rings is 2. The zero-order valence-corrected chi connectivity index (χ0v) is 16.8. The highest BCUT2D eigenvalue weighted by molar-refractivity contribution is 6.31. The van der Waals surface area contributed by atoms with E-state index >= 15 is 0 Å². The van der Waals surface area contributed by atoms with Crippen molar-refractivity contribution in [1.82, 2.24) is 10.2 Å². The second kappa shape index (κ2) is 9.25. The highest BCUT2D eigenvalue weighted by Crippen LogP contribution is 2.29. The molecule has 2 aromatic rings. The van der Waals surface area contributed by atoms with Gasteiger partial charge in [-0.25, -0.2) is 0 Å². The second-order valence-electron chi connectivity index (χ2n) is 7.20. The van der Waals surface area contributed by atoms with Crippen LogP contribution in [0.1, 0.15) is 35.6 Å². The van der Waals surface area contributed by atoms with Crippen LogP contribution in [0, 0.1) is 13.8 Å².